The highest BCUT2D eigenvalue weighted by molar-refractivity contribution is 6.02. The second-order valence-corrected chi connectivity index (χ2v) is 4.12. The fourth-order valence-corrected chi connectivity index (χ4v) is 1.65. The topological polar surface area (TPSA) is 107 Å². The Morgan fingerprint density at radius 1 is 1.19 bits per heavy atom. The zero-order valence-corrected chi connectivity index (χ0v) is 11.4. The van der Waals surface area contributed by atoms with E-state index >= 15 is 0 Å². The number of carbonyl (C=O) groups is 2. The van der Waals surface area contributed by atoms with Gasteiger partial charge in [0.05, 0.1) is 13.7 Å². The van der Waals surface area contributed by atoms with Gasteiger partial charge < -0.3 is 20.2 Å². The van der Waals surface area contributed by atoms with Crippen LogP contribution < -0.4 is 16.4 Å². The molecule has 0 atom stereocenters. The minimum Gasteiger partial charge on any atom is -0.455 e. The summed E-state index contributed by atoms with van der Waals surface area (Å²) in [5, 5.41) is 5.17. The molecule has 0 fully saturated rings. The van der Waals surface area contributed by atoms with Gasteiger partial charge in [-0.25, -0.2) is 4.79 Å². The van der Waals surface area contributed by atoms with Gasteiger partial charge in [-0.1, -0.05) is 6.07 Å². The lowest BCUT2D eigenvalue weighted by Gasteiger charge is -2.07. The average Bonchev–Trinajstić information content (AvgIpc) is 2.96. The monoisotopic (exact) mass is 289 g/mol. The molecule has 0 spiro atoms. The number of hydrogen-bond donors (Lipinski definition) is 3. The van der Waals surface area contributed by atoms with Crippen LogP contribution in [0.15, 0.2) is 40.8 Å². The average molecular weight is 289 g/mol. The number of amides is 2. The molecule has 21 heavy (non-hydrogen) atoms. The number of hydrogen-bond acceptors (Lipinski definition) is 5. The number of methoxy groups -OCH3 is 1. The number of nitrogens with two attached hydrogens (primary N) is 1. The summed E-state index contributed by atoms with van der Waals surface area (Å²) < 4.78 is 9.75. The Bertz CT molecular complexity index is 651. The molecule has 0 aliphatic carbocycles. The third-order valence-electron chi connectivity index (χ3n) is 2.64. The largest absolute Gasteiger partial charge is 0.455 e. The molecule has 1 heterocycles. The van der Waals surface area contributed by atoms with Crippen LogP contribution >= 0.6 is 0 Å². The van der Waals surface area contributed by atoms with Crippen molar-refractivity contribution in [1.29, 1.82) is 0 Å². The molecule has 2 rings (SSSR count). The molecule has 7 heteroatoms. The highest BCUT2D eigenvalue weighted by Gasteiger charge is 2.11. The van der Waals surface area contributed by atoms with Gasteiger partial charge >= 0.3 is 6.09 Å². The summed E-state index contributed by atoms with van der Waals surface area (Å²) >= 11 is 0. The molecule has 4 N–H and O–H groups in total. The highest BCUT2D eigenvalue weighted by atomic mass is 16.5. The van der Waals surface area contributed by atoms with Crippen molar-refractivity contribution in [3.63, 3.8) is 0 Å². The van der Waals surface area contributed by atoms with Crippen LogP contribution in [0.25, 0.3) is 0 Å². The van der Waals surface area contributed by atoms with Crippen LogP contribution in [0.2, 0.25) is 0 Å². The third-order valence-corrected chi connectivity index (χ3v) is 2.64. The number of rotatable bonds is 4. The summed E-state index contributed by atoms with van der Waals surface area (Å²) in [5.41, 5.74) is 6.43. The molecule has 0 unspecified atom stereocenters. The molecule has 7 nitrogen and oxygen atoms in total. The number of benzene rings is 1. The number of carbonyl (C=O) groups excluding carboxylic acids is 2. The summed E-state index contributed by atoms with van der Waals surface area (Å²) in [4.78, 5) is 23.1. The van der Waals surface area contributed by atoms with Gasteiger partial charge in [0.1, 0.15) is 5.76 Å². The van der Waals surface area contributed by atoms with E-state index < -0.39 is 12.0 Å². The van der Waals surface area contributed by atoms with Gasteiger partial charge in [0, 0.05) is 11.4 Å². The first-order chi connectivity index (χ1) is 10.1. The zero-order valence-electron chi connectivity index (χ0n) is 11.4. The van der Waals surface area contributed by atoms with Crippen LogP contribution in [0.1, 0.15) is 16.3 Å². The van der Waals surface area contributed by atoms with Crippen LogP contribution in [0, 0.1) is 0 Å². The SMILES string of the molecule is COC(=O)Nc1cccc(NC(=O)c2ccc(CN)o2)c1. The fourth-order valence-electron chi connectivity index (χ4n) is 1.65. The quantitative estimate of drug-likeness (QED) is 0.799. The maximum absolute atomic E-state index is 12.0. The molecule has 2 aromatic rings. The lowest BCUT2D eigenvalue weighted by molar-refractivity contribution is 0.0995. The van der Waals surface area contributed by atoms with Crippen molar-refractivity contribution >= 4 is 23.4 Å². The molecule has 1 aromatic heterocycles. The van der Waals surface area contributed by atoms with E-state index in [9.17, 15) is 9.59 Å². The van der Waals surface area contributed by atoms with Crippen LogP contribution in [0.5, 0.6) is 0 Å². The third kappa shape index (κ3) is 3.83. The van der Waals surface area contributed by atoms with Gasteiger partial charge in [0.15, 0.2) is 5.76 Å². The van der Waals surface area contributed by atoms with Gasteiger partial charge in [-0.15, -0.1) is 0 Å². The molecule has 0 aliphatic rings. The van der Waals surface area contributed by atoms with Crippen molar-refractivity contribution in [2.24, 2.45) is 5.73 Å². The lowest BCUT2D eigenvalue weighted by atomic mass is 10.2. The summed E-state index contributed by atoms with van der Waals surface area (Å²) in [7, 11) is 1.27. The van der Waals surface area contributed by atoms with E-state index in [-0.39, 0.29) is 12.3 Å². The van der Waals surface area contributed by atoms with Crippen LogP contribution in [0.4, 0.5) is 16.2 Å². The van der Waals surface area contributed by atoms with Gasteiger partial charge in [-0.2, -0.15) is 0 Å². The van der Waals surface area contributed by atoms with Crippen molar-refractivity contribution in [2.75, 3.05) is 17.7 Å². The minimum atomic E-state index is -0.586. The summed E-state index contributed by atoms with van der Waals surface area (Å²) in [5.74, 6) is 0.299. The van der Waals surface area contributed by atoms with E-state index in [1.165, 1.54) is 7.11 Å². The number of anilines is 2. The first kappa shape index (κ1) is 14.6. The maximum atomic E-state index is 12.0. The molecular formula is C14H15N3O4. The van der Waals surface area contributed by atoms with Gasteiger partial charge in [-0.05, 0) is 30.3 Å². The maximum Gasteiger partial charge on any atom is 0.411 e. The normalized spacial score (nSPS) is 10.0. The minimum absolute atomic E-state index is 0.168. The highest BCUT2D eigenvalue weighted by Crippen LogP contribution is 2.17. The standard InChI is InChI=1S/C14H15N3O4/c1-20-14(19)17-10-4-2-3-9(7-10)16-13(18)12-6-5-11(8-15)21-12/h2-7H,8,15H2,1H3,(H,16,18)(H,17,19). The Morgan fingerprint density at radius 2 is 1.90 bits per heavy atom. The molecule has 2 amide bonds. The zero-order chi connectivity index (χ0) is 15.2. The van der Waals surface area contributed by atoms with Gasteiger partial charge in [0.25, 0.3) is 5.91 Å². The van der Waals surface area contributed by atoms with Crippen molar-refractivity contribution in [1.82, 2.24) is 0 Å². The van der Waals surface area contributed by atoms with E-state index in [0.29, 0.717) is 17.1 Å². The second kappa shape index (κ2) is 6.58. The van der Waals surface area contributed by atoms with Crippen LogP contribution in [-0.2, 0) is 11.3 Å². The van der Waals surface area contributed by atoms with Gasteiger partial charge in [0.2, 0.25) is 0 Å². The van der Waals surface area contributed by atoms with Crippen molar-refractivity contribution in [3.05, 3.63) is 47.9 Å². The molecule has 0 aliphatic heterocycles. The van der Waals surface area contributed by atoms with E-state index in [4.69, 9.17) is 10.2 Å². The van der Waals surface area contributed by atoms with Crippen molar-refractivity contribution in [2.45, 2.75) is 6.54 Å². The first-order valence-electron chi connectivity index (χ1n) is 6.17. The number of furan rings is 1. The Balaban J connectivity index is 2.06. The molecule has 0 bridgehead atoms. The Morgan fingerprint density at radius 3 is 2.52 bits per heavy atom. The smallest absolute Gasteiger partial charge is 0.411 e. The van der Waals surface area contributed by atoms with Crippen LogP contribution in [-0.4, -0.2) is 19.1 Å². The number of nitrogens with one attached hydrogen (secondary N) is 2. The van der Waals surface area contributed by atoms with Crippen molar-refractivity contribution in [3.8, 4) is 0 Å². The summed E-state index contributed by atoms with van der Waals surface area (Å²) in [6.45, 7) is 0.228. The molecule has 0 radical (unpaired) electrons. The second-order valence-electron chi connectivity index (χ2n) is 4.12. The molecule has 1 aromatic carbocycles. The predicted molar refractivity (Wildman–Crippen MR) is 77.0 cm³/mol. The Kier molecular flexibility index (Phi) is 4.57. The van der Waals surface area contributed by atoms with Gasteiger partial charge in [-0.3, -0.25) is 10.1 Å². The van der Waals surface area contributed by atoms with E-state index in [0.717, 1.165) is 0 Å². The summed E-state index contributed by atoms with van der Waals surface area (Å²) in [6, 6.07) is 9.84. The Hall–Kier alpha value is -2.80. The van der Waals surface area contributed by atoms with Crippen LogP contribution in [0.3, 0.4) is 0 Å². The first-order valence-corrected chi connectivity index (χ1v) is 6.17. The number of ether oxygens (including phenoxy) is 1. The Labute approximate surface area is 121 Å². The van der Waals surface area contributed by atoms with E-state index in [2.05, 4.69) is 15.4 Å². The summed E-state index contributed by atoms with van der Waals surface area (Å²) in [6.07, 6.45) is -0.586. The van der Waals surface area contributed by atoms with E-state index in [1.54, 1.807) is 36.4 Å². The molecule has 0 saturated carbocycles. The van der Waals surface area contributed by atoms with E-state index in [1.807, 2.05) is 0 Å². The fraction of sp³-hybridized carbons (Fsp3) is 0.143. The molecular weight excluding hydrogens is 274 g/mol. The molecule has 110 valence electrons. The lowest BCUT2D eigenvalue weighted by Crippen LogP contribution is -2.13. The predicted octanol–water partition coefficient (Wildman–Crippen LogP) is 2.17. The van der Waals surface area contributed by atoms with Crippen molar-refractivity contribution < 1.29 is 18.7 Å². The molecule has 0 saturated heterocycles.